The average molecular weight is 746 g/mol. The molecule has 0 aromatic rings. The number of aliphatic hydroxyl groups excluding tert-OH is 2. The first kappa shape index (κ1) is 50.3. The summed E-state index contributed by atoms with van der Waals surface area (Å²) in [6.45, 7) is 4.53. The number of nitrogens with one attached hydrogen (secondary N) is 1. The molecular weight excluding hydrogens is 659 g/mol. The van der Waals surface area contributed by atoms with E-state index in [4.69, 9.17) is 0 Å². The van der Waals surface area contributed by atoms with Crippen molar-refractivity contribution in [2.75, 3.05) is 5.75 Å². The standard InChI is InChI=1S/C43H87NO6S/c1-3-5-7-9-11-13-15-17-19-21-22-24-25-27-29-31-33-35-37-41(45)40(39-51(48,49)50)44-43(47)42(46)38-36-34-32-30-28-26-23-20-18-16-14-12-10-8-6-4-2/h40-42,45-46H,3-39H2,1-2H3,(H,44,47)(H,48,49,50). The summed E-state index contributed by atoms with van der Waals surface area (Å²) in [6.07, 6.45) is 41.2. The second kappa shape index (κ2) is 37.6. The van der Waals surface area contributed by atoms with Crippen LogP contribution in [-0.4, -0.2) is 53.1 Å². The highest BCUT2D eigenvalue weighted by Crippen LogP contribution is 2.17. The highest BCUT2D eigenvalue weighted by Gasteiger charge is 2.28. The van der Waals surface area contributed by atoms with Gasteiger partial charge < -0.3 is 15.5 Å². The van der Waals surface area contributed by atoms with Gasteiger partial charge in [0.15, 0.2) is 0 Å². The lowest BCUT2D eigenvalue weighted by Crippen LogP contribution is -2.50. The highest BCUT2D eigenvalue weighted by atomic mass is 32.2. The van der Waals surface area contributed by atoms with Gasteiger partial charge in [0.25, 0.3) is 10.1 Å². The fourth-order valence-electron chi connectivity index (χ4n) is 7.23. The maximum Gasteiger partial charge on any atom is 0.266 e. The van der Waals surface area contributed by atoms with E-state index in [-0.39, 0.29) is 0 Å². The molecule has 7 nitrogen and oxygen atoms in total. The van der Waals surface area contributed by atoms with Crippen LogP contribution in [0.15, 0.2) is 0 Å². The SMILES string of the molecule is CCCCCCCCCCCCCCCCCCCCC(O)C(CS(=O)(=O)O)NC(=O)C(O)CCCCCCCCCCCCCCCCCC. The van der Waals surface area contributed by atoms with E-state index >= 15 is 0 Å². The molecule has 0 aliphatic carbocycles. The predicted molar refractivity (Wildman–Crippen MR) is 218 cm³/mol. The number of aliphatic hydroxyl groups is 2. The molecule has 0 saturated carbocycles. The number of hydrogen-bond acceptors (Lipinski definition) is 5. The van der Waals surface area contributed by atoms with Crippen molar-refractivity contribution in [3.8, 4) is 0 Å². The van der Waals surface area contributed by atoms with Gasteiger partial charge in [-0.1, -0.05) is 232 Å². The molecular formula is C43H87NO6S. The minimum atomic E-state index is -4.40. The van der Waals surface area contributed by atoms with Gasteiger partial charge in [-0.25, -0.2) is 0 Å². The van der Waals surface area contributed by atoms with E-state index in [0.717, 1.165) is 44.9 Å². The van der Waals surface area contributed by atoms with Crippen molar-refractivity contribution >= 4 is 16.0 Å². The van der Waals surface area contributed by atoms with Crippen LogP contribution in [0.25, 0.3) is 0 Å². The number of amides is 1. The molecule has 306 valence electrons. The molecule has 3 atom stereocenters. The van der Waals surface area contributed by atoms with Crippen molar-refractivity contribution in [1.29, 1.82) is 0 Å². The number of hydrogen-bond donors (Lipinski definition) is 4. The quantitative estimate of drug-likeness (QED) is 0.0365. The average Bonchev–Trinajstić information content (AvgIpc) is 3.09. The number of carbonyl (C=O) groups excluding carboxylic acids is 1. The molecule has 51 heavy (non-hydrogen) atoms. The lowest BCUT2D eigenvalue weighted by molar-refractivity contribution is -0.131. The van der Waals surface area contributed by atoms with Gasteiger partial charge in [-0.2, -0.15) is 8.42 Å². The van der Waals surface area contributed by atoms with Crippen LogP contribution >= 0.6 is 0 Å². The minimum Gasteiger partial charge on any atom is -0.391 e. The van der Waals surface area contributed by atoms with E-state index in [0.29, 0.717) is 12.8 Å². The molecule has 0 aliphatic heterocycles. The summed E-state index contributed by atoms with van der Waals surface area (Å²) >= 11 is 0. The van der Waals surface area contributed by atoms with Gasteiger partial charge in [-0.05, 0) is 12.8 Å². The third-order valence-electron chi connectivity index (χ3n) is 10.7. The topological polar surface area (TPSA) is 124 Å². The largest absolute Gasteiger partial charge is 0.391 e. The highest BCUT2D eigenvalue weighted by molar-refractivity contribution is 7.85. The normalized spacial score (nSPS) is 13.7. The van der Waals surface area contributed by atoms with Crippen LogP contribution in [0.5, 0.6) is 0 Å². The van der Waals surface area contributed by atoms with Crippen molar-refractivity contribution in [2.24, 2.45) is 0 Å². The summed E-state index contributed by atoms with van der Waals surface area (Å²) in [5.74, 6) is -1.44. The monoisotopic (exact) mass is 746 g/mol. The van der Waals surface area contributed by atoms with Gasteiger partial charge in [0.1, 0.15) is 6.10 Å². The van der Waals surface area contributed by atoms with E-state index in [9.17, 15) is 28.0 Å². The van der Waals surface area contributed by atoms with E-state index < -0.39 is 40.0 Å². The Balaban J connectivity index is 3.90. The Morgan fingerprint density at radius 2 is 0.706 bits per heavy atom. The maximum absolute atomic E-state index is 12.6. The van der Waals surface area contributed by atoms with Crippen LogP contribution < -0.4 is 5.32 Å². The second-order valence-corrected chi connectivity index (χ2v) is 17.3. The molecule has 0 aliphatic rings. The molecule has 0 bridgehead atoms. The molecule has 8 heteroatoms. The molecule has 0 radical (unpaired) electrons. The Labute approximate surface area is 317 Å². The van der Waals surface area contributed by atoms with Crippen molar-refractivity contribution < 1.29 is 28.0 Å². The Kier molecular flexibility index (Phi) is 37.1. The second-order valence-electron chi connectivity index (χ2n) is 15.8. The van der Waals surface area contributed by atoms with Crippen molar-refractivity contribution in [3.63, 3.8) is 0 Å². The van der Waals surface area contributed by atoms with Crippen molar-refractivity contribution in [3.05, 3.63) is 0 Å². The van der Waals surface area contributed by atoms with E-state index in [1.807, 2.05) is 0 Å². The summed E-state index contributed by atoms with van der Waals surface area (Å²) in [5.41, 5.74) is 0. The van der Waals surface area contributed by atoms with Crippen LogP contribution in [0.2, 0.25) is 0 Å². The summed E-state index contributed by atoms with van der Waals surface area (Å²) in [5, 5.41) is 23.6. The summed E-state index contributed by atoms with van der Waals surface area (Å²) in [7, 11) is -4.40. The van der Waals surface area contributed by atoms with E-state index in [1.165, 1.54) is 173 Å². The van der Waals surface area contributed by atoms with E-state index in [2.05, 4.69) is 19.2 Å². The molecule has 0 rings (SSSR count). The lowest BCUT2D eigenvalue weighted by Gasteiger charge is -2.24. The molecule has 0 aromatic carbocycles. The first-order chi connectivity index (χ1) is 24.7. The van der Waals surface area contributed by atoms with Gasteiger partial charge in [-0.3, -0.25) is 9.35 Å². The zero-order valence-electron chi connectivity index (χ0n) is 33.9. The van der Waals surface area contributed by atoms with Crippen molar-refractivity contribution in [1.82, 2.24) is 5.32 Å². The Bertz CT molecular complexity index is 838. The van der Waals surface area contributed by atoms with Gasteiger partial charge in [0.2, 0.25) is 5.91 Å². The number of rotatable bonds is 41. The van der Waals surface area contributed by atoms with Gasteiger partial charge in [-0.15, -0.1) is 0 Å². The Morgan fingerprint density at radius 3 is 0.980 bits per heavy atom. The fraction of sp³-hybridized carbons (Fsp3) is 0.977. The van der Waals surface area contributed by atoms with Gasteiger partial charge >= 0.3 is 0 Å². The molecule has 0 aromatic heterocycles. The molecule has 3 unspecified atom stereocenters. The Morgan fingerprint density at radius 1 is 0.451 bits per heavy atom. The number of carbonyl (C=O) groups is 1. The van der Waals surface area contributed by atoms with Gasteiger partial charge in [0, 0.05) is 0 Å². The van der Waals surface area contributed by atoms with Crippen LogP contribution in [0.3, 0.4) is 0 Å². The zero-order valence-corrected chi connectivity index (χ0v) is 34.7. The maximum atomic E-state index is 12.6. The van der Waals surface area contributed by atoms with Crippen LogP contribution in [0.1, 0.15) is 245 Å². The fourth-order valence-corrected chi connectivity index (χ4v) is 7.99. The summed E-state index contributed by atoms with van der Waals surface area (Å²) in [4.78, 5) is 12.6. The molecule has 4 N–H and O–H groups in total. The molecule has 0 saturated heterocycles. The van der Waals surface area contributed by atoms with Crippen LogP contribution in [-0.2, 0) is 14.9 Å². The number of unbranched alkanes of at least 4 members (excludes halogenated alkanes) is 32. The molecule has 0 fully saturated rings. The smallest absolute Gasteiger partial charge is 0.266 e. The first-order valence-electron chi connectivity index (χ1n) is 22.3. The third-order valence-corrected chi connectivity index (χ3v) is 11.4. The predicted octanol–water partition coefficient (Wildman–Crippen LogP) is 12.2. The molecule has 0 heterocycles. The van der Waals surface area contributed by atoms with Gasteiger partial charge in [0.05, 0.1) is 17.9 Å². The minimum absolute atomic E-state index is 0.304. The Hall–Kier alpha value is -0.700. The lowest BCUT2D eigenvalue weighted by atomic mass is 10.0. The zero-order chi connectivity index (χ0) is 37.7. The van der Waals surface area contributed by atoms with Crippen molar-refractivity contribution in [2.45, 2.75) is 263 Å². The third kappa shape index (κ3) is 37.4. The summed E-state index contributed by atoms with van der Waals surface area (Å²) < 4.78 is 32.6. The van der Waals surface area contributed by atoms with E-state index in [1.54, 1.807) is 0 Å². The molecule has 1 amide bonds. The first-order valence-corrected chi connectivity index (χ1v) is 23.9. The van der Waals surface area contributed by atoms with Crippen LogP contribution in [0.4, 0.5) is 0 Å². The summed E-state index contributed by atoms with van der Waals surface area (Å²) in [6, 6.07) is -1.14. The molecule has 0 spiro atoms. The van der Waals surface area contributed by atoms with Crippen LogP contribution in [0, 0.1) is 0 Å².